The van der Waals surface area contributed by atoms with E-state index in [0.29, 0.717) is 11.3 Å². The molecule has 0 saturated heterocycles. The molecule has 0 bridgehead atoms. The van der Waals surface area contributed by atoms with Gasteiger partial charge >= 0.3 is 0 Å². The second kappa shape index (κ2) is 4.06. The van der Waals surface area contributed by atoms with E-state index in [0.717, 1.165) is 22.0 Å². The third-order valence-electron chi connectivity index (χ3n) is 3.00. The number of allylic oxidation sites excluding steroid dienone is 1. The highest BCUT2D eigenvalue weighted by Gasteiger charge is 2.34. The van der Waals surface area contributed by atoms with Crippen molar-refractivity contribution in [3.05, 3.63) is 39.9 Å². The van der Waals surface area contributed by atoms with Crippen LogP contribution in [0.1, 0.15) is 22.8 Å². The van der Waals surface area contributed by atoms with Crippen molar-refractivity contribution in [1.82, 2.24) is 0 Å². The largest absolute Gasteiger partial charge is 0.496 e. The Bertz CT molecular complexity index is 477. The van der Waals surface area contributed by atoms with Gasteiger partial charge in [-0.2, -0.15) is 0 Å². The minimum atomic E-state index is -0.0948. The van der Waals surface area contributed by atoms with Crippen LogP contribution in [-0.2, 0) is 6.42 Å². The number of halogens is 1. The van der Waals surface area contributed by atoms with Crippen molar-refractivity contribution in [3.8, 4) is 5.75 Å². The van der Waals surface area contributed by atoms with Crippen LogP contribution in [0.3, 0.4) is 0 Å². The molecule has 0 amide bonds. The van der Waals surface area contributed by atoms with E-state index in [9.17, 15) is 4.79 Å². The number of ketones is 1. The molecular weight excluding hydrogens is 268 g/mol. The van der Waals surface area contributed by atoms with Crippen LogP contribution in [0, 0.1) is 5.92 Å². The van der Waals surface area contributed by atoms with E-state index in [1.807, 2.05) is 19.1 Å². The van der Waals surface area contributed by atoms with Gasteiger partial charge in [0, 0.05) is 10.4 Å². The van der Waals surface area contributed by atoms with Gasteiger partial charge in [0.05, 0.1) is 12.7 Å². The fraction of sp³-hybridized carbons (Fsp3) is 0.308. The summed E-state index contributed by atoms with van der Waals surface area (Å²) < 4.78 is 6.21. The molecule has 3 heteroatoms. The lowest BCUT2D eigenvalue weighted by molar-refractivity contribution is 0.0952. The molecule has 0 N–H and O–H groups in total. The summed E-state index contributed by atoms with van der Waals surface area (Å²) in [6.45, 7) is 5.78. The van der Waals surface area contributed by atoms with Gasteiger partial charge in [-0.3, -0.25) is 4.79 Å². The van der Waals surface area contributed by atoms with Crippen molar-refractivity contribution < 1.29 is 9.53 Å². The van der Waals surface area contributed by atoms with Crippen molar-refractivity contribution in [2.45, 2.75) is 13.3 Å². The van der Waals surface area contributed by atoms with Crippen LogP contribution in [0.2, 0.25) is 0 Å². The first-order chi connectivity index (χ1) is 7.56. The Morgan fingerprint density at radius 3 is 2.81 bits per heavy atom. The number of carbonyl (C=O) groups is 1. The number of carbonyl (C=O) groups excluding carboxylic acids is 1. The fourth-order valence-corrected chi connectivity index (χ4v) is 2.60. The van der Waals surface area contributed by atoms with E-state index in [-0.39, 0.29) is 11.7 Å². The predicted octanol–water partition coefficient (Wildman–Crippen LogP) is 3.39. The molecule has 1 aliphatic rings. The first-order valence-corrected chi connectivity index (χ1v) is 5.90. The summed E-state index contributed by atoms with van der Waals surface area (Å²) in [5.74, 6) is 0.690. The van der Waals surface area contributed by atoms with Gasteiger partial charge < -0.3 is 4.74 Å². The number of methoxy groups -OCH3 is 1. The molecule has 2 rings (SSSR count). The summed E-state index contributed by atoms with van der Waals surface area (Å²) in [4.78, 5) is 12.2. The number of Topliss-reactive ketones (excluding diaryl/α,β-unsaturated/α-hetero) is 1. The minimum absolute atomic E-state index is 0.0948. The number of hydrogen-bond acceptors (Lipinski definition) is 2. The number of ether oxygens (including phenoxy) is 1. The molecular formula is C13H13BrO2. The third kappa shape index (κ3) is 1.59. The van der Waals surface area contributed by atoms with Crippen LogP contribution in [0.25, 0.3) is 0 Å². The molecule has 0 radical (unpaired) electrons. The van der Waals surface area contributed by atoms with E-state index < -0.39 is 0 Å². The van der Waals surface area contributed by atoms with Crippen LogP contribution in [-0.4, -0.2) is 12.9 Å². The molecule has 16 heavy (non-hydrogen) atoms. The molecule has 1 aromatic rings. The van der Waals surface area contributed by atoms with E-state index in [1.165, 1.54) is 0 Å². The predicted molar refractivity (Wildman–Crippen MR) is 67.0 cm³/mol. The second-order valence-electron chi connectivity index (χ2n) is 4.07. The number of hydrogen-bond donors (Lipinski definition) is 0. The average molecular weight is 281 g/mol. The molecule has 1 aliphatic carbocycles. The maximum atomic E-state index is 12.2. The fourth-order valence-electron chi connectivity index (χ4n) is 2.11. The normalized spacial score (nSPS) is 18.4. The smallest absolute Gasteiger partial charge is 0.174 e. The lowest BCUT2D eigenvalue weighted by atomic mass is 9.98. The first kappa shape index (κ1) is 11.4. The van der Waals surface area contributed by atoms with Gasteiger partial charge in [-0.15, -0.1) is 0 Å². The van der Waals surface area contributed by atoms with Gasteiger partial charge in [0.25, 0.3) is 0 Å². The zero-order valence-corrected chi connectivity index (χ0v) is 10.9. The highest BCUT2D eigenvalue weighted by atomic mass is 79.9. The lowest BCUT2D eigenvalue weighted by Gasteiger charge is -2.07. The summed E-state index contributed by atoms with van der Waals surface area (Å²) in [6, 6.07) is 3.74. The average Bonchev–Trinajstić information content (AvgIpc) is 2.59. The van der Waals surface area contributed by atoms with Gasteiger partial charge in [0.15, 0.2) is 5.78 Å². The molecule has 0 aromatic heterocycles. The molecule has 0 saturated carbocycles. The topological polar surface area (TPSA) is 26.3 Å². The van der Waals surface area contributed by atoms with Crippen LogP contribution in [0.15, 0.2) is 28.8 Å². The molecule has 0 aliphatic heterocycles. The molecule has 1 aromatic carbocycles. The lowest BCUT2D eigenvalue weighted by Crippen LogP contribution is -2.10. The third-order valence-corrected chi connectivity index (χ3v) is 3.75. The van der Waals surface area contributed by atoms with Gasteiger partial charge in [-0.05, 0) is 31.0 Å². The van der Waals surface area contributed by atoms with Gasteiger partial charge in [-0.1, -0.05) is 28.1 Å². The first-order valence-electron chi connectivity index (χ1n) is 5.11. The van der Waals surface area contributed by atoms with Crippen molar-refractivity contribution in [2.75, 3.05) is 7.11 Å². The Morgan fingerprint density at radius 2 is 2.25 bits per heavy atom. The van der Waals surface area contributed by atoms with Crippen LogP contribution < -0.4 is 4.74 Å². The Labute approximate surface area is 103 Å². The number of rotatable bonds is 2. The molecule has 0 spiro atoms. The van der Waals surface area contributed by atoms with E-state index in [1.54, 1.807) is 7.11 Å². The van der Waals surface area contributed by atoms with Crippen LogP contribution in [0.5, 0.6) is 5.75 Å². The van der Waals surface area contributed by atoms with Crippen molar-refractivity contribution in [1.29, 1.82) is 0 Å². The van der Waals surface area contributed by atoms with Gasteiger partial charge in [-0.25, -0.2) is 0 Å². The Morgan fingerprint density at radius 1 is 1.56 bits per heavy atom. The van der Waals surface area contributed by atoms with Gasteiger partial charge in [0.1, 0.15) is 5.75 Å². The SMILES string of the molecule is C=C(C)C1Cc2c(Br)ccc(OC)c2C1=O. The van der Waals surface area contributed by atoms with Crippen molar-refractivity contribution in [2.24, 2.45) is 5.92 Å². The molecule has 1 atom stereocenters. The molecule has 84 valence electrons. The van der Waals surface area contributed by atoms with E-state index in [2.05, 4.69) is 22.5 Å². The highest BCUT2D eigenvalue weighted by molar-refractivity contribution is 9.10. The Balaban J connectivity index is 2.58. The Kier molecular flexibility index (Phi) is 2.89. The molecule has 0 heterocycles. The molecule has 0 fully saturated rings. The summed E-state index contributed by atoms with van der Waals surface area (Å²) in [5.41, 5.74) is 2.66. The van der Waals surface area contributed by atoms with Crippen molar-refractivity contribution in [3.63, 3.8) is 0 Å². The number of benzene rings is 1. The monoisotopic (exact) mass is 280 g/mol. The second-order valence-corrected chi connectivity index (χ2v) is 4.92. The van der Waals surface area contributed by atoms with Crippen molar-refractivity contribution >= 4 is 21.7 Å². The maximum absolute atomic E-state index is 12.2. The summed E-state index contributed by atoms with van der Waals surface area (Å²) in [5, 5.41) is 0. The standard InChI is InChI=1S/C13H13BrO2/c1-7(2)8-6-9-10(14)4-5-11(16-3)12(9)13(8)15/h4-5,8H,1,6H2,2-3H3. The van der Waals surface area contributed by atoms with E-state index in [4.69, 9.17) is 4.74 Å². The van der Waals surface area contributed by atoms with Crippen LogP contribution in [0.4, 0.5) is 0 Å². The zero-order chi connectivity index (χ0) is 11.9. The molecule has 1 unspecified atom stereocenters. The maximum Gasteiger partial charge on any atom is 0.174 e. The minimum Gasteiger partial charge on any atom is -0.496 e. The zero-order valence-electron chi connectivity index (χ0n) is 9.34. The highest BCUT2D eigenvalue weighted by Crippen LogP contribution is 2.40. The number of fused-ring (bicyclic) bond motifs is 1. The van der Waals surface area contributed by atoms with Gasteiger partial charge in [0.2, 0.25) is 0 Å². The molecule has 2 nitrogen and oxygen atoms in total. The van der Waals surface area contributed by atoms with E-state index >= 15 is 0 Å². The Hall–Kier alpha value is -1.09. The van der Waals surface area contributed by atoms with Crippen LogP contribution >= 0.6 is 15.9 Å². The summed E-state index contributed by atoms with van der Waals surface area (Å²) in [6.07, 6.45) is 0.723. The summed E-state index contributed by atoms with van der Waals surface area (Å²) in [7, 11) is 1.59. The summed E-state index contributed by atoms with van der Waals surface area (Å²) >= 11 is 3.48. The quantitative estimate of drug-likeness (QED) is 0.777.